The van der Waals surface area contributed by atoms with Gasteiger partial charge in [0.2, 0.25) is 0 Å². The van der Waals surface area contributed by atoms with Crippen LogP contribution in [0.4, 0.5) is 0 Å². The highest BCUT2D eigenvalue weighted by molar-refractivity contribution is 6.31. The molecule has 10 nitrogen and oxygen atoms in total. The minimum absolute atomic E-state index is 0.0544. The third-order valence-electron chi connectivity index (χ3n) is 5.96. The molecule has 0 saturated carbocycles. The molecule has 0 saturated heterocycles. The molecule has 190 valence electrons. The zero-order valence-corrected chi connectivity index (χ0v) is 20.9. The van der Waals surface area contributed by atoms with Crippen LogP contribution in [-0.2, 0) is 11.2 Å². The van der Waals surface area contributed by atoms with Crippen molar-refractivity contribution in [1.29, 1.82) is 0 Å². The number of nitrogens with zero attached hydrogens (tertiary/aromatic N) is 5. The Bertz CT molecular complexity index is 1480. The molecule has 1 N–H and O–H groups in total. The van der Waals surface area contributed by atoms with Gasteiger partial charge in [-0.05, 0) is 52.7 Å². The van der Waals surface area contributed by atoms with Crippen LogP contribution in [0.25, 0.3) is 16.8 Å². The van der Waals surface area contributed by atoms with Crippen LogP contribution in [0.3, 0.4) is 0 Å². The van der Waals surface area contributed by atoms with Gasteiger partial charge in [0.25, 0.3) is 5.56 Å². The van der Waals surface area contributed by atoms with Crippen molar-refractivity contribution in [2.75, 3.05) is 7.11 Å². The van der Waals surface area contributed by atoms with Crippen molar-refractivity contribution < 1.29 is 19.4 Å². The molecule has 2 heterocycles. The third kappa shape index (κ3) is 5.59. The second-order valence-corrected chi connectivity index (χ2v) is 8.80. The van der Waals surface area contributed by atoms with Crippen molar-refractivity contribution in [3.8, 4) is 22.6 Å². The molecule has 4 aromatic rings. The SMILES string of the molecule is CCCC(C(=O)Cc1ccc(C(=O)O)cc1)n1cc(OC)c(-c2cc(Cl)ccc2-n2cnnn2)cc1=O. The van der Waals surface area contributed by atoms with Crippen molar-refractivity contribution in [3.63, 3.8) is 0 Å². The molecule has 0 fully saturated rings. The maximum Gasteiger partial charge on any atom is 0.335 e. The lowest BCUT2D eigenvalue weighted by atomic mass is 9.98. The maximum absolute atomic E-state index is 13.4. The average molecular weight is 522 g/mol. The van der Waals surface area contributed by atoms with Crippen molar-refractivity contribution in [1.82, 2.24) is 24.8 Å². The number of ketones is 1. The Morgan fingerprint density at radius 2 is 1.86 bits per heavy atom. The minimum atomic E-state index is -1.04. The van der Waals surface area contributed by atoms with Gasteiger partial charge in [0.15, 0.2) is 5.78 Å². The quantitative estimate of drug-likeness (QED) is 0.331. The molecule has 2 aromatic carbocycles. The monoisotopic (exact) mass is 521 g/mol. The first-order valence-electron chi connectivity index (χ1n) is 11.5. The summed E-state index contributed by atoms with van der Waals surface area (Å²) in [6.07, 6.45) is 4.13. The predicted molar refractivity (Wildman–Crippen MR) is 136 cm³/mol. The van der Waals surface area contributed by atoms with E-state index in [1.807, 2.05) is 6.92 Å². The van der Waals surface area contributed by atoms with Gasteiger partial charge in [-0.1, -0.05) is 37.1 Å². The normalized spacial score (nSPS) is 11.8. The summed E-state index contributed by atoms with van der Waals surface area (Å²) in [4.78, 5) is 37.8. The highest BCUT2D eigenvalue weighted by Crippen LogP contribution is 2.35. The Hall–Kier alpha value is -4.31. The number of methoxy groups -OCH3 is 1. The molecular formula is C26H24ClN5O5. The van der Waals surface area contributed by atoms with Crippen molar-refractivity contribution >= 4 is 23.4 Å². The molecule has 0 aliphatic rings. The summed E-state index contributed by atoms with van der Waals surface area (Å²) in [5, 5.41) is 20.8. The Kier molecular flexibility index (Phi) is 7.78. The lowest BCUT2D eigenvalue weighted by Gasteiger charge is -2.21. The first-order chi connectivity index (χ1) is 17.8. The fraction of sp³-hybridized carbons (Fsp3) is 0.231. The van der Waals surface area contributed by atoms with Crippen LogP contribution in [-0.4, -0.2) is 48.7 Å². The number of halogens is 1. The number of ether oxygens (including phenoxy) is 1. The molecule has 37 heavy (non-hydrogen) atoms. The molecule has 4 rings (SSSR count). The summed E-state index contributed by atoms with van der Waals surface area (Å²) in [6, 6.07) is 11.9. The smallest absolute Gasteiger partial charge is 0.335 e. The first-order valence-corrected chi connectivity index (χ1v) is 11.9. The second kappa shape index (κ2) is 11.2. The van der Waals surface area contributed by atoms with Gasteiger partial charge in [-0.3, -0.25) is 9.59 Å². The molecule has 1 atom stereocenters. The number of hydrogen-bond donors (Lipinski definition) is 1. The average Bonchev–Trinajstić information content (AvgIpc) is 3.42. The van der Waals surface area contributed by atoms with Gasteiger partial charge in [-0.15, -0.1) is 5.10 Å². The lowest BCUT2D eigenvalue weighted by molar-refractivity contribution is -0.121. The number of Topliss-reactive ketones (excluding diaryl/α,β-unsaturated/α-hetero) is 1. The van der Waals surface area contributed by atoms with Gasteiger partial charge in [0, 0.05) is 28.6 Å². The van der Waals surface area contributed by atoms with Gasteiger partial charge in [0.05, 0.1) is 30.6 Å². The number of rotatable bonds is 10. The number of carboxylic acids is 1. The number of benzene rings is 2. The van der Waals surface area contributed by atoms with E-state index in [0.29, 0.717) is 46.0 Å². The van der Waals surface area contributed by atoms with Crippen molar-refractivity contribution in [3.05, 3.63) is 87.6 Å². The van der Waals surface area contributed by atoms with Gasteiger partial charge in [-0.25, -0.2) is 4.79 Å². The number of aromatic carboxylic acids is 1. The summed E-state index contributed by atoms with van der Waals surface area (Å²) in [5.41, 5.74) is 2.07. The zero-order chi connectivity index (χ0) is 26.5. The molecule has 2 aromatic heterocycles. The Morgan fingerprint density at radius 3 is 2.49 bits per heavy atom. The van der Waals surface area contributed by atoms with Crippen LogP contribution in [0.2, 0.25) is 5.02 Å². The maximum atomic E-state index is 13.4. The number of aromatic nitrogens is 5. The Morgan fingerprint density at radius 1 is 1.11 bits per heavy atom. The molecule has 1 unspecified atom stereocenters. The van der Waals surface area contributed by atoms with Gasteiger partial charge in [0.1, 0.15) is 12.1 Å². The van der Waals surface area contributed by atoms with Crippen LogP contribution in [0, 0.1) is 0 Å². The highest BCUT2D eigenvalue weighted by atomic mass is 35.5. The van der Waals surface area contributed by atoms with E-state index in [9.17, 15) is 14.4 Å². The zero-order valence-electron chi connectivity index (χ0n) is 20.2. The minimum Gasteiger partial charge on any atom is -0.495 e. The number of carbonyl (C=O) groups is 2. The summed E-state index contributed by atoms with van der Waals surface area (Å²) in [7, 11) is 1.48. The summed E-state index contributed by atoms with van der Waals surface area (Å²) < 4.78 is 8.48. The van der Waals surface area contributed by atoms with Crippen molar-refractivity contribution in [2.45, 2.75) is 32.2 Å². The van der Waals surface area contributed by atoms with E-state index in [-0.39, 0.29) is 23.3 Å². The summed E-state index contributed by atoms with van der Waals surface area (Å²) in [6.45, 7) is 1.93. The molecule has 0 aliphatic heterocycles. The number of carbonyl (C=O) groups excluding carboxylic acids is 1. The Labute approximate surface area is 217 Å². The molecule has 0 aliphatic carbocycles. The Balaban J connectivity index is 1.73. The second-order valence-electron chi connectivity index (χ2n) is 8.37. The van der Waals surface area contributed by atoms with Gasteiger partial charge < -0.3 is 14.4 Å². The molecular weight excluding hydrogens is 498 g/mol. The first kappa shape index (κ1) is 25.8. The molecule has 0 bridgehead atoms. The van der Waals surface area contributed by atoms with Crippen LogP contribution >= 0.6 is 11.6 Å². The predicted octanol–water partition coefficient (Wildman–Crippen LogP) is 4.00. The fourth-order valence-corrected chi connectivity index (χ4v) is 4.33. The van der Waals surface area contributed by atoms with E-state index in [0.717, 1.165) is 0 Å². The van der Waals surface area contributed by atoms with E-state index >= 15 is 0 Å². The van der Waals surface area contributed by atoms with E-state index in [1.165, 1.54) is 47.1 Å². The van der Waals surface area contributed by atoms with Crippen LogP contribution < -0.4 is 10.3 Å². The summed E-state index contributed by atoms with van der Waals surface area (Å²) >= 11 is 6.27. The standard InChI is InChI=1S/C26H24ClN5O5/c1-3-4-22(23(33)11-16-5-7-17(8-6-16)26(35)36)31-14-24(37-2)20(13-25(31)34)19-12-18(27)9-10-21(19)32-15-28-29-30-32/h5-10,12-15,22H,3-4,11H2,1-2H3,(H,35,36). The van der Waals surface area contributed by atoms with E-state index < -0.39 is 12.0 Å². The van der Waals surface area contributed by atoms with Crippen LogP contribution in [0.5, 0.6) is 5.75 Å². The largest absolute Gasteiger partial charge is 0.495 e. The molecule has 0 radical (unpaired) electrons. The number of tetrazole rings is 1. The van der Waals surface area contributed by atoms with Crippen LogP contribution in [0.15, 0.2) is 65.8 Å². The highest BCUT2D eigenvalue weighted by Gasteiger charge is 2.24. The topological polar surface area (TPSA) is 129 Å². The summed E-state index contributed by atoms with van der Waals surface area (Å²) in [5.74, 6) is -0.835. The van der Waals surface area contributed by atoms with Gasteiger partial charge in [-0.2, -0.15) is 4.68 Å². The van der Waals surface area contributed by atoms with Crippen molar-refractivity contribution in [2.24, 2.45) is 0 Å². The van der Waals surface area contributed by atoms with E-state index in [4.69, 9.17) is 21.4 Å². The van der Waals surface area contributed by atoms with Gasteiger partial charge >= 0.3 is 5.97 Å². The third-order valence-corrected chi connectivity index (χ3v) is 6.19. The van der Waals surface area contributed by atoms with E-state index in [2.05, 4.69) is 15.5 Å². The molecule has 0 amide bonds. The van der Waals surface area contributed by atoms with Crippen LogP contribution in [0.1, 0.15) is 41.7 Å². The number of pyridine rings is 1. The number of hydrogen-bond acceptors (Lipinski definition) is 7. The molecule has 11 heteroatoms. The van der Waals surface area contributed by atoms with E-state index in [1.54, 1.807) is 30.3 Å². The molecule has 0 spiro atoms. The fourth-order valence-electron chi connectivity index (χ4n) is 4.15. The number of carboxylic acid groups (broad SMARTS) is 1. The lowest BCUT2D eigenvalue weighted by Crippen LogP contribution is -2.30.